The molecule has 20 atom stereocenters. The first-order valence-corrected chi connectivity index (χ1v) is 26.8. The number of esters is 2. The van der Waals surface area contributed by atoms with Gasteiger partial charge in [0, 0.05) is 30.6 Å². The Balaban J connectivity index is 0.872. The van der Waals surface area contributed by atoms with E-state index in [9.17, 15) is 24.3 Å². The van der Waals surface area contributed by atoms with E-state index in [1.165, 1.54) is 0 Å². The van der Waals surface area contributed by atoms with E-state index in [1.807, 2.05) is 39.8 Å². The van der Waals surface area contributed by atoms with Crippen LogP contribution in [0, 0.1) is 70.0 Å². The number of hydrogen-bond acceptors (Lipinski definition) is 11. The van der Waals surface area contributed by atoms with Crippen molar-refractivity contribution >= 4 is 23.5 Å². The highest BCUT2D eigenvalue weighted by Crippen LogP contribution is 2.68. The second-order valence-electron chi connectivity index (χ2n) is 23.1. The van der Waals surface area contributed by atoms with Crippen LogP contribution in [0.15, 0.2) is 60.7 Å². The average molecular weight is 955 g/mol. The number of carbonyl (C=O) groups is 4. The second kappa shape index (κ2) is 21.7. The molecule has 0 aromatic heterocycles. The fraction of sp³-hybridized carbons (Fsp3) is 0.724. The standard InChI is InChI=1S/C58H82O11/c1-10-47-34(4)35(5)50(61)55(66-47)65-41-26-28-57(8)40(30-41)23-24-42-43(57)27-29-58(9)44(42)31-46(60)49(58)36(6)45(59)25-22-33(3)32-64-56-52(69-54(63)39-20-16-13-17-21-39)51(37(7)48(11-2)67-56)68-53(62)38-18-14-12-15-19-38/h12-21,33-37,40-44,47-52,55-56,61H,10-11,22-32H2,1-9H3/t33-,34-,35-,36+,37-,40?,41?,42?,43?,44?,47?,48?,49?,50?,51-,52?,55+,56+,57?,58?/m0/s1. The van der Waals surface area contributed by atoms with Crippen LogP contribution in [0.2, 0.25) is 0 Å². The number of rotatable bonds is 16. The minimum Gasteiger partial charge on any atom is -0.454 e. The lowest BCUT2D eigenvalue weighted by molar-refractivity contribution is -0.291. The van der Waals surface area contributed by atoms with E-state index in [2.05, 4.69) is 34.6 Å². The summed E-state index contributed by atoms with van der Waals surface area (Å²) in [5.74, 6) is 0.528. The number of carbonyl (C=O) groups excluding carboxylic acids is 4. The molecular formula is C58H82O11. The van der Waals surface area contributed by atoms with E-state index >= 15 is 0 Å². The zero-order valence-electron chi connectivity index (χ0n) is 42.9. The molecule has 2 saturated heterocycles. The van der Waals surface area contributed by atoms with Crippen molar-refractivity contribution < 1.29 is 52.7 Å². The van der Waals surface area contributed by atoms with Gasteiger partial charge in [-0.2, -0.15) is 0 Å². The Morgan fingerprint density at radius 2 is 1.33 bits per heavy atom. The van der Waals surface area contributed by atoms with Crippen molar-refractivity contribution in [2.45, 2.75) is 189 Å². The number of aliphatic hydroxyl groups excluding tert-OH is 1. The topological polar surface area (TPSA) is 144 Å². The summed E-state index contributed by atoms with van der Waals surface area (Å²) in [5, 5.41) is 11.1. The molecule has 8 rings (SSSR count). The van der Waals surface area contributed by atoms with E-state index in [4.69, 9.17) is 28.4 Å². The second-order valence-corrected chi connectivity index (χ2v) is 23.1. The molecule has 380 valence electrons. The van der Waals surface area contributed by atoms with Gasteiger partial charge in [0.2, 0.25) is 0 Å². The van der Waals surface area contributed by atoms with Gasteiger partial charge in [0.25, 0.3) is 0 Å². The summed E-state index contributed by atoms with van der Waals surface area (Å²) >= 11 is 0. The molecule has 4 aliphatic carbocycles. The van der Waals surface area contributed by atoms with Crippen molar-refractivity contribution in [1.29, 1.82) is 0 Å². The molecule has 2 aromatic rings. The summed E-state index contributed by atoms with van der Waals surface area (Å²) in [7, 11) is 0. The van der Waals surface area contributed by atoms with Gasteiger partial charge >= 0.3 is 11.9 Å². The van der Waals surface area contributed by atoms with Gasteiger partial charge in [0.1, 0.15) is 23.8 Å². The van der Waals surface area contributed by atoms with E-state index in [-0.39, 0.29) is 88.7 Å². The third-order valence-electron chi connectivity index (χ3n) is 19.2. The van der Waals surface area contributed by atoms with Gasteiger partial charge in [-0.05, 0) is 141 Å². The van der Waals surface area contributed by atoms with E-state index in [0.29, 0.717) is 54.6 Å². The smallest absolute Gasteiger partial charge is 0.338 e. The number of hydrogen-bond donors (Lipinski definition) is 1. The van der Waals surface area contributed by atoms with Crippen molar-refractivity contribution in [3.8, 4) is 0 Å². The summed E-state index contributed by atoms with van der Waals surface area (Å²) in [4.78, 5) is 55.4. The monoisotopic (exact) mass is 955 g/mol. The van der Waals surface area contributed by atoms with Crippen LogP contribution in [0.4, 0.5) is 0 Å². The first-order chi connectivity index (χ1) is 33.0. The van der Waals surface area contributed by atoms with Crippen LogP contribution in [-0.2, 0) is 38.0 Å². The SMILES string of the molecule is CCC1O[C@@H](OC2CCC3(C)C(CCC4C3CCC3(C)C4CC(=O)C3[C@H](C)C(=O)CC[C@H](C)CO[C@@H]3OC(CC)[C@H](C)[C@H](OC(=O)c4ccccc4)C3OC(=O)c3ccccc3)C2)C(O)[C@@H](C)[C@@H]1C. The molecule has 6 fully saturated rings. The van der Waals surface area contributed by atoms with E-state index in [1.54, 1.807) is 48.5 Å². The number of benzene rings is 2. The normalized spacial score (nSPS) is 40.6. The fourth-order valence-electron chi connectivity index (χ4n) is 14.7. The lowest BCUT2D eigenvalue weighted by atomic mass is 9.44. The Hall–Kier alpha value is -3.48. The Bertz CT molecular complexity index is 2080. The molecule has 4 saturated carbocycles. The molecular weight excluding hydrogens is 873 g/mol. The third kappa shape index (κ3) is 10.4. The Morgan fingerprint density at radius 1 is 0.739 bits per heavy atom. The summed E-state index contributed by atoms with van der Waals surface area (Å²) in [6, 6.07) is 17.4. The molecule has 0 bridgehead atoms. The molecule has 0 spiro atoms. The molecule has 69 heavy (non-hydrogen) atoms. The zero-order valence-corrected chi connectivity index (χ0v) is 42.9. The number of ether oxygens (including phenoxy) is 6. The average Bonchev–Trinajstić information content (AvgIpc) is 3.63. The minimum atomic E-state index is -1.05. The highest BCUT2D eigenvalue weighted by Gasteiger charge is 2.64. The largest absolute Gasteiger partial charge is 0.454 e. The summed E-state index contributed by atoms with van der Waals surface area (Å²) in [6.07, 6.45) is 6.05. The van der Waals surface area contributed by atoms with Crippen molar-refractivity contribution in [1.82, 2.24) is 0 Å². The lowest BCUT2D eigenvalue weighted by Gasteiger charge is -2.61. The Kier molecular flexibility index (Phi) is 16.3. The van der Waals surface area contributed by atoms with Gasteiger partial charge in [0.15, 0.2) is 18.7 Å². The van der Waals surface area contributed by atoms with Crippen molar-refractivity contribution in [3.63, 3.8) is 0 Å². The molecule has 11 heteroatoms. The number of fused-ring (bicyclic) bond motifs is 5. The maximum Gasteiger partial charge on any atom is 0.338 e. The minimum absolute atomic E-state index is 0.0600. The molecule has 2 aromatic carbocycles. The molecule has 0 amide bonds. The van der Waals surface area contributed by atoms with Crippen LogP contribution in [0.1, 0.15) is 160 Å². The molecule has 1 N–H and O–H groups in total. The van der Waals surface area contributed by atoms with Crippen LogP contribution >= 0.6 is 0 Å². The van der Waals surface area contributed by atoms with E-state index < -0.39 is 42.8 Å². The molecule has 2 aliphatic heterocycles. The number of aliphatic hydroxyl groups is 1. The highest BCUT2D eigenvalue weighted by molar-refractivity contribution is 5.92. The summed E-state index contributed by atoms with van der Waals surface area (Å²) in [6.45, 7) is 19.5. The first-order valence-electron chi connectivity index (χ1n) is 26.8. The van der Waals surface area contributed by atoms with Gasteiger partial charge in [-0.3, -0.25) is 9.59 Å². The number of ketones is 2. The van der Waals surface area contributed by atoms with Gasteiger partial charge in [-0.1, -0.05) is 98.7 Å². The van der Waals surface area contributed by atoms with Crippen LogP contribution in [0.25, 0.3) is 0 Å². The van der Waals surface area contributed by atoms with Gasteiger partial charge in [0.05, 0.1) is 36.0 Å². The quantitative estimate of drug-likeness (QED) is 0.127. The fourth-order valence-corrected chi connectivity index (χ4v) is 14.7. The van der Waals surface area contributed by atoms with Crippen LogP contribution < -0.4 is 0 Å². The van der Waals surface area contributed by atoms with Crippen molar-refractivity contribution in [3.05, 3.63) is 71.8 Å². The zero-order chi connectivity index (χ0) is 49.4. The molecule has 6 aliphatic rings. The van der Waals surface area contributed by atoms with E-state index in [0.717, 1.165) is 51.4 Å². The molecule has 12 unspecified atom stereocenters. The summed E-state index contributed by atoms with van der Waals surface area (Å²) in [5.41, 5.74) is 0.725. The molecule has 0 radical (unpaired) electrons. The van der Waals surface area contributed by atoms with Crippen LogP contribution in [0.5, 0.6) is 0 Å². The summed E-state index contributed by atoms with van der Waals surface area (Å²) < 4.78 is 38.2. The van der Waals surface area contributed by atoms with Crippen LogP contribution in [-0.4, -0.2) is 84.4 Å². The Morgan fingerprint density at radius 3 is 1.97 bits per heavy atom. The maximum absolute atomic E-state index is 14.2. The maximum atomic E-state index is 14.2. The molecule has 11 nitrogen and oxygen atoms in total. The van der Waals surface area contributed by atoms with Crippen molar-refractivity contribution in [2.24, 2.45) is 70.0 Å². The Labute approximate surface area is 411 Å². The van der Waals surface area contributed by atoms with Gasteiger partial charge in [-0.15, -0.1) is 0 Å². The first kappa shape index (κ1) is 51.9. The highest BCUT2D eigenvalue weighted by atomic mass is 16.7. The predicted octanol–water partition coefficient (Wildman–Crippen LogP) is 10.8. The van der Waals surface area contributed by atoms with Gasteiger partial charge < -0.3 is 33.5 Å². The third-order valence-corrected chi connectivity index (χ3v) is 19.2. The predicted molar refractivity (Wildman–Crippen MR) is 262 cm³/mol. The lowest BCUT2D eigenvalue weighted by Crippen LogP contribution is -2.57. The van der Waals surface area contributed by atoms with Crippen molar-refractivity contribution in [2.75, 3.05) is 6.61 Å². The van der Waals surface area contributed by atoms with Gasteiger partial charge in [-0.25, -0.2) is 9.59 Å². The number of Topliss-reactive ketones (excluding diaryl/α,β-unsaturated/α-hetero) is 2. The molecule has 2 heterocycles. The van der Waals surface area contributed by atoms with Crippen LogP contribution in [0.3, 0.4) is 0 Å².